The van der Waals surface area contributed by atoms with Crippen molar-refractivity contribution >= 4 is 23.7 Å². The van der Waals surface area contributed by atoms with Crippen LogP contribution in [0, 0.1) is 0 Å². The van der Waals surface area contributed by atoms with Gasteiger partial charge in [0.05, 0.1) is 6.54 Å². The van der Waals surface area contributed by atoms with Crippen molar-refractivity contribution in [1.29, 1.82) is 0 Å². The van der Waals surface area contributed by atoms with Gasteiger partial charge in [-0.15, -0.1) is 0 Å². The van der Waals surface area contributed by atoms with Crippen molar-refractivity contribution in [1.82, 2.24) is 16.0 Å². The molecule has 0 atom stereocenters. The van der Waals surface area contributed by atoms with E-state index in [9.17, 15) is 19.2 Å². The van der Waals surface area contributed by atoms with E-state index < -0.39 is 5.97 Å². The Hall–Kier alpha value is -2.84. The van der Waals surface area contributed by atoms with Crippen LogP contribution >= 0.6 is 0 Å². The van der Waals surface area contributed by atoms with Crippen LogP contribution in [-0.2, 0) is 20.9 Å². The quantitative estimate of drug-likeness (QED) is 0.457. The van der Waals surface area contributed by atoms with Crippen molar-refractivity contribution in [2.45, 2.75) is 26.3 Å². The fourth-order valence-corrected chi connectivity index (χ4v) is 1.62. The topological polar surface area (TPSA) is 138 Å². The van der Waals surface area contributed by atoms with Gasteiger partial charge in [0.25, 0.3) is 0 Å². The van der Waals surface area contributed by atoms with Crippen LogP contribution in [0.3, 0.4) is 0 Å². The Labute approximate surface area is 132 Å². The van der Waals surface area contributed by atoms with Gasteiger partial charge in [-0.05, 0) is 12.1 Å². The molecule has 9 nitrogen and oxygen atoms in total. The van der Waals surface area contributed by atoms with E-state index in [1.807, 2.05) is 0 Å². The van der Waals surface area contributed by atoms with Crippen LogP contribution in [0.25, 0.3) is 0 Å². The van der Waals surface area contributed by atoms with Crippen LogP contribution < -0.4 is 16.0 Å². The van der Waals surface area contributed by atoms with Gasteiger partial charge in [-0.3, -0.25) is 14.4 Å². The average Bonchev–Trinajstić information content (AvgIpc) is 2.96. The molecule has 0 bridgehead atoms. The predicted molar refractivity (Wildman–Crippen MR) is 78.4 cm³/mol. The van der Waals surface area contributed by atoms with E-state index >= 15 is 0 Å². The summed E-state index contributed by atoms with van der Waals surface area (Å²) < 4.78 is 4.98. The van der Waals surface area contributed by atoms with E-state index in [0.29, 0.717) is 18.8 Å². The zero-order valence-corrected chi connectivity index (χ0v) is 12.7. The molecule has 3 amide bonds. The van der Waals surface area contributed by atoms with Crippen molar-refractivity contribution in [2.75, 3.05) is 13.1 Å². The summed E-state index contributed by atoms with van der Waals surface area (Å²) in [7, 11) is 0. The van der Waals surface area contributed by atoms with E-state index in [1.54, 1.807) is 0 Å². The van der Waals surface area contributed by atoms with E-state index in [-0.39, 0.29) is 42.9 Å². The average molecular weight is 325 g/mol. The number of amides is 3. The molecule has 0 radical (unpaired) electrons. The SMILES string of the molecule is CC(=O)NCCNC(=O)CCC(=O)NCc1ccc(C(=O)O)o1. The summed E-state index contributed by atoms with van der Waals surface area (Å²) in [5.41, 5.74) is 0. The van der Waals surface area contributed by atoms with Crippen LogP contribution in [-0.4, -0.2) is 41.9 Å². The van der Waals surface area contributed by atoms with Crippen LogP contribution in [0.2, 0.25) is 0 Å². The number of carbonyl (C=O) groups excluding carboxylic acids is 3. The number of carboxylic acids is 1. The molecule has 1 aromatic heterocycles. The third-order valence-electron chi connectivity index (χ3n) is 2.73. The molecule has 1 rings (SSSR count). The van der Waals surface area contributed by atoms with Gasteiger partial charge in [-0.25, -0.2) is 4.79 Å². The Bertz CT molecular complexity index is 581. The Morgan fingerprint density at radius 1 is 1.00 bits per heavy atom. The summed E-state index contributed by atoms with van der Waals surface area (Å²) in [4.78, 5) is 44.3. The first-order valence-corrected chi connectivity index (χ1v) is 6.98. The lowest BCUT2D eigenvalue weighted by Crippen LogP contribution is -2.34. The van der Waals surface area contributed by atoms with E-state index in [2.05, 4.69) is 16.0 Å². The first-order valence-electron chi connectivity index (χ1n) is 6.98. The Morgan fingerprint density at radius 3 is 2.17 bits per heavy atom. The minimum Gasteiger partial charge on any atom is -0.475 e. The van der Waals surface area contributed by atoms with Gasteiger partial charge >= 0.3 is 5.97 Å². The summed E-state index contributed by atoms with van der Waals surface area (Å²) >= 11 is 0. The number of carboxylic acid groups (broad SMARTS) is 1. The van der Waals surface area contributed by atoms with Crippen molar-refractivity contribution < 1.29 is 28.7 Å². The van der Waals surface area contributed by atoms with Crippen molar-refractivity contribution in [3.63, 3.8) is 0 Å². The molecule has 1 heterocycles. The maximum absolute atomic E-state index is 11.6. The maximum atomic E-state index is 11.6. The van der Waals surface area contributed by atoms with Crippen molar-refractivity contribution in [3.05, 3.63) is 23.7 Å². The molecule has 0 aromatic carbocycles. The summed E-state index contributed by atoms with van der Waals surface area (Å²) in [6, 6.07) is 2.75. The molecule has 0 fully saturated rings. The Balaban J connectivity index is 2.17. The largest absolute Gasteiger partial charge is 0.475 e. The number of carbonyl (C=O) groups is 4. The molecule has 0 aliphatic rings. The van der Waals surface area contributed by atoms with Gasteiger partial charge in [0.15, 0.2) is 0 Å². The van der Waals surface area contributed by atoms with Gasteiger partial charge in [0.1, 0.15) is 5.76 Å². The molecule has 1 aromatic rings. The zero-order chi connectivity index (χ0) is 17.2. The van der Waals surface area contributed by atoms with Crippen LogP contribution in [0.4, 0.5) is 0 Å². The molecule has 126 valence electrons. The fourth-order valence-electron chi connectivity index (χ4n) is 1.62. The summed E-state index contributed by atoms with van der Waals surface area (Å²) in [5.74, 6) is -1.89. The highest BCUT2D eigenvalue weighted by molar-refractivity contribution is 5.84. The number of hydrogen-bond acceptors (Lipinski definition) is 5. The normalized spacial score (nSPS) is 9.96. The third kappa shape index (κ3) is 7.65. The lowest BCUT2D eigenvalue weighted by atomic mass is 10.2. The number of furan rings is 1. The molecule has 23 heavy (non-hydrogen) atoms. The molecule has 0 unspecified atom stereocenters. The van der Waals surface area contributed by atoms with Gasteiger partial charge in [-0.1, -0.05) is 0 Å². The van der Waals surface area contributed by atoms with E-state index in [4.69, 9.17) is 9.52 Å². The number of rotatable bonds is 9. The molecular weight excluding hydrogens is 306 g/mol. The lowest BCUT2D eigenvalue weighted by molar-refractivity contribution is -0.126. The monoisotopic (exact) mass is 325 g/mol. The summed E-state index contributed by atoms with van der Waals surface area (Å²) in [6.45, 7) is 2.06. The zero-order valence-electron chi connectivity index (χ0n) is 12.7. The summed E-state index contributed by atoms with van der Waals surface area (Å²) in [6.07, 6.45) is 0.0168. The van der Waals surface area contributed by atoms with E-state index in [1.165, 1.54) is 19.1 Å². The molecule has 4 N–H and O–H groups in total. The Morgan fingerprint density at radius 2 is 1.61 bits per heavy atom. The van der Waals surface area contributed by atoms with Crippen molar-refractivity contribution in [2.24, 2.45) is 0 Å². The van der Waals surface area contributed by atoms with Gasteiger partial charge in [-0.2, -0.15) is 0 Å². The molecule has 0 aliphatic heterocycles. The molecule has 0 saturated heterocycles. The van der Waals surface area contributed by atoms with Gasteiger partial charge in [0.2, 0.25) is 23.5 Å². The molecule has 0 aliphatic carbocycles. The highest BCUT2D eigenvalue weighted by Gasteiger charge is 2.10. The van der Waals surface area contributed by atoms with Crippen LogP contribution in [0.5, 0.6) is 0 Å². The smallest absolute Gasteiger partial charge is 0.371 e. The standard InChI is InChI=1S/C14H19N3O6/c1-9(18)15-6-7-16-12(19)4-5-13(20)17-8-10-2-3-11(23-10)14(21)22/h2-3H,4-8H2,1H3,(H,15,18)(H,16,19)(H,17,20)(H,21,22). The molecule has 0 saturated carbocycles. The molecule has 9 heteroatoms. The predicted octanol–water partition coefficient (Wildman–Crippen LogP) is -0.373. The fraction of sp³-hybridized carbons (Fsp3) is 0.429. The first kappa shape index (κ1) is 18.2. The van der Waals surface area contributed by atoms with Crippen LogP contribution in [0.1, 0.15) is 36.1 Å². The Kier molecular flexibility index (Phi) is 7.31. The third-order valence-corrected chi connectivity index (χ3v) is 2.73. The number of nitrogens with one attached hydrogen (secondary N) is 3. The van der Waals surface area contributed by atoms with E-state index in [0.717, 1.165) is 0 Å². The second-order valence-electron chi connectivity index (χ2n) is 4.68. The van der Waals surface area contributed by atoms with Crippen LogP contribution in [0.15, 0.2) is 16.5 Å². The maximum Gasteiger partial charge on any atom is 0.371 e. The number of hydrogen-bond donors (Lipinski definition) is 4. The minimum atomic E-state index is -1.18. The molecular formula is C14H19N3O6. The van der Waals surface area contributed by atoms with Crippen molar-refractivity contribution in [3.8, 4) is 0 Å². The molecule has 0 spiro atoms. The first-order chi connectivity index (χ1) is 10.9. The lowest BCUT2D eigenvalue weighted by Gasteiger charge is -2.06. The summed E-state index contributed by atoms with van der Waals surface area (Å²) in [5, 5.41) is 16.3. The second-order valence-corrected chi connectivity index (χ2v) is 4.68. The second kappa shape index (κ2) is 9.23. The minimum absolute atomic E-state index is 0.00152. The highest BCUT2D eigenvalue weighted by atomic mass is 16.4. The highest BCUT2D eigenvalue weighted by Crippen LogP contribution is 2.07. The number of aromatic carboxylic acids is 1. The van der Waals surface area contributed by atoms with Gasteiger partial charge in [0, 0.05) is 32.9 Å². The van der Waals surface area contributed by atoms with Gasteiger partial charge < -0.3 is 25.5 Å².